The van der Waals surface area contributed by atoms with Gasteiger partial charge in [0.1, 0.15) is 30.9 Å². The molecule has 0 radical (unpaired) electrons. The molecule has 3 rings (SSSR count). The number of nitrogens with zero attached hydrogens (tertiary/aromatic N) is 4. The minimum atomic E-state index is -1.64. The summed E-state index contributed by atoms with van der Waals surface area (Å²) in [5.41, 5.74) is 4.84. The van der Waals surface area contributed by atoms with Crippen molar-refractivity contribution in [3.8, 4) is 0 Å². The first kappa shape index (κ1) is 21.5. The lowest BCUT2D eigenvalue weighted by Crippen LogP contribution is -2.59. The van der Waals surface area contributed by atoms with E-state index in [1.165, 1.54) is 6.34 Å². The first-order valence-electron chi connectivity index (χ1n) is 9.76. The average molecular weight is 409 g/mol. The number of nitrogens with two attached hydrogens (primary N) is 1. The Kier molecular flexibility index (Phi) is 6.42. The molecule has 0 saturated carbocycles. The molecule has 1 unspecified atom stereocenters. The summed E-state index contributed by atoms with van der Waals surface area (Å²) in [6, 6.07) is 0. The van der Waals surface area contributed by atoms with E-state index in [2.05, 4.69) is 15.0 Å². The van der Waals surface area contributed by atoms with Gasteiger partial charge in [0.05, 0.1) is 6.61 Å². The Morgan fingerprint density at radius 2 is 2.10 bits per heavy atom. The van der Waals surface area contributed by atoms with Gasteiger partial charge in [-0.15, -0.1) is 0 Å². The van der Waals surface area contributed by atoms with E-state index in [1.807, 2.05) is 13.8 Å². The number of ether oxygens (including phenoxy) is 2. The minimum Gasteiger partial charge on any atom is -0.455 e. The van der Waals surface area contributed by atoms with Crippen LogP contribution in [0.2, 0.25) is 0 Å². The number of Topliss-reactive ketones (excluding diaryl/α,β-unsaturated/α-hetero) is 1. The summed E-state index contributed by atoms with van der Waals surface area (Å²) < 4.78 is 11.2. The Labute approximate surface area is 168 Å². The lowest BCUT2D eigenvalue weighted by molar-refractivity contribution is -0.159. The lowest BCUT2D eigenvalue weighted by atomic mass is 9.95. The Bertz CT molecular complexity index is 753. The SMILES string of the molecule is CCCC(=O)O[C@@H]1[C@H](O)[C@@H](CO)O[C@H]1N1CN=C2C1=NC=NC2(N)C(=O)CCC. The van der Waals surface area contributed by atoms with Crippen molar-refractivity contribution in [2.24, 2.45) is 20.7 Å². The standard InChI is InChI=1S/C18H27N5O6/c1-3-5-11(25)18(19)15-16(20-8-22-18)23(9-21-15)17-14(29-12(26)6-4-2)13(27)10(7-24)28-17/h8,10,13-14,17,24,27H,3-7,9,19H2,1-2H3/t10-,13-,14-,17-,18?/m1/s1. The molecule has 3 heterocycles. The third-order valence-electron chi connectivity index (χ3n) is 5.09. The molecule has 11 nitrogen and oxygen atoms in total. The van der Waals surface area contributed by atoms with Crippen LogP contribution in [-0.4, -0.2) is 88.2 Å². The van der Waals surface area contributed by atoms with Gasteiger partial charge in [-0.25, -0.2) is 9.98 Å². The second-order valence-electron chi connectivity index (χ2n) is 7.20. The number of aliphatic hydroxyl groups is 2. The van der Waals surface area contributed by atoms with Gasteiger partial charge in [-0.1, -0.05) is 13.8 Å². The van der Waals surface area contributed by atoms with Crippen LogP contribution in [0, 0.1) is 0 Å². The van der Waals surface area contributed by atoms with Crippen LogP contribution >= 0.6 is 0 Å². The average Bonchev–Trinajstić information content (AvgIpc) is 3.25. The number of carbonyl (C=O) groups excluding carboxylic acids is 2. The van der Waals surface area contributed by atoms with Crippen molar-refractivity contribution < 1.29 is 29.3 Å². The van der Waals surface area contributed by atoms with Gasteiger partial charge >= 0.3 is 5.97 Å². The third-order valence-corrected chi connectivity index (χ3v) is 5.09. The molecule has 5 atom stereocenters. The maximum absolute atomic E-state index is 12.6. The second kappa shape index (κ2) is 8.66. The molecule has 0 spiro atoms. The molecule has 160 valence electrons. The van der Waals surface area contributed by atoms with Crippen molar-refractivity contribution >= 4 is 29.6 Å². The quantitative estimate of drug-likeness (QED) is 0.428. The molecular formula is C18H27N5O6. The van der Waals surface area contributed by atoms with Crippen LogP contribution in [0.1, 0.15) is 39.5 Å². The molecule has 0 aliphatic carbocycles. The van der Waals surface area contributed by atoms with Gasteiger partial charge in [-0.3, -0.25) is 20.3 Å². The number of hydrogen-bond acceptors (Lipinski definition) is 11. The Balaban J connectivity index is 1.85. The third kappa shape index (κ3) is 3.82. The van der Waals surface area contributed by atoms with Gasteiger partial charge < -0.3 is 24.6 Å². The van der Waals surface area contributed by atoms with Crippen LogP contribution in [-0.2, 0) is 19.1 Å². The molecule has 0 bridgehead atoms. The predicted octanol–water partition coefficient (Wildman–Crippen LogP) is -1.04. The molecular weight excluding hydrogens is 382 g/mol. The summed E-state index contributed by atoms with van der Waals surface area (Å²) in [6.07, 6.45) is -1.33. The molecule has 11 heteroatoms. The largest absolute Gasteiger partial charge is 0.455 e. The lowest BCUT2D eigenvalue weighted by Gasteiger charge is -2.32. The van der Waals surface area contributed by atoms with E-state index in [-0.39, 0.29) is 36.8 Å². The van der Waals surface area contributed by atoms with Gasteiger partial charge in [-0.2, -0.15) is 0 Å². The maximum atomic E-state index is 12.6. The first-order chi connectivity index (χ1) is 13.9. The van der Waals surface area contributed by atoms with Crippen LogP contribution in [0.25, 0.3) is 0 Å². The molecule has 0 aromatic rings. The number of fused-ring (bicyclic) bond motifs is 1. The van der Waals surface area contributed by atoms with E-state index >= 15 is 0 Å². The molecule has 0 amide bonds. The van der Waals surface area contributed by atoms with E-state index in [4.69, 9.17) is 15.2 Å². The number of esters is 1. The molecule has 0 aromatic carbocycles. The van der Waals surface area contributed by atoms with Gasteiger partial charge in [0.15, 0.2) is 24.0 Å². The van der Waals surface area contributed by atoms with Gasteiger partial charge in [0.2, 0.25) is 5.66 Å². The predicted molar refractivity (Wildman–Crippen MR) is 103 cm³/mol. The van der Waals surface area contributed by atoms with Crippen LogP contribution < -0.4 is 5.73 Å². The zero-order valence-corrected chi connectivity index (χ0v) is 16.5. The summed E-state index contributed by atoms with van der Waals surface area (Å²) in [4.78, 5) is 38.8. The van der Waals surface area contributed by atoms with Gasteiger partial charge in [0, 0.05) is 12.8 Å². The monoisotopic (exact) mass is 409 g/mol. The highest BCUT2D eigenvalue weighted by Crippen LogP contribution is 2.31. The fraction of sp³-hybridized carbons (Fsp3) is 0.722. The zero-order chi connectivity index (χ0) is 21.2. The molecule has 4 N–H and O–H groups in total. The number of carbonyl (C=O) groups is 2. The van der Waals surface area contributed by atoms with Gasteiger partial charge in [-0.05, 0) is 12.8 Å². The van der Waals surface area contributed by atoms with Crippen molar-refractivity contribution in [3.63, 3.8) is 0 Å². The first-order valence-corrected chi connectivity index (χ1v) is 9.76. The molecule has 1 saturated heterocycles. The smallest absolute Gasteiger partial charge is 0.306 e. The van der Waals surface area contributed by atoms with E-state index in [0.717, 1.165) is 0 Å². The van der Waals surface area contributed by atoms with Gasteiger partial charge in [0.25, 0.3) is 0 Å². The Hall–Kier alpha value is -2.21. The summed E-state index contributed by atoms with van der Waals surface area (Å²) in [5.74, 6) is -0.488. The maximum Gasteiger partial charge on any atom is 0.306 e. The zero-order valence-electron chi connectivity index (χ0n) is 16.5. The van der Waals surface area contributed by atoms with E-state index < -0.39 is 42.8 Å². The van der Waals surface area contributed by atoms with Crippen molar-refractivity contribution in [1.82, 2.24) is 4.90 Å². The number of hydrogen-bond donors (Lipinski definition) is 3. The Morgan fingerprint density at radius 1 is 1.38 bits per heavy atom. The van der Waals surface area contributed by atoms with Crippen molar-refractivity contribution in [1.29, 1.82) is 0 Å². The number of amidine groups is 1. The molecule has 1 fully saturated rings. The number of ketones is 1. The summed E-state index contributed by atoms with van der Waals surface area (Å²) in [5, 5.41) is 20.0. The van der Waals surface area contributed by atoms with Crippen LogP contribution in [0.15, 0.2) is 15.0 Å². The Morgan fingerprint density at radius 3 is 2.76 bits per heavy atom. The van der Waals surface area contributed by atoms with Crippen LogP contribution in [0.3, 0.4) is 0 Å². The number of aliphatic hydroxyl groups excluding tert-OH is 2. The summed E-state index contributed by atoms with van der Waals surface area (Å²) in [6.45, 7) is 3.28. The van der Waals surface area contributed by atoms with E-state index in [0.29, 0.717) is 12.8 Å². The van der Waals surface area contributed by atoms with Crippen molar-refractivity contribution in [3.05, 3.63) is 0 Å². The van der Waals surface area contributed by atoms with Crippen molar-refractivity contribution in [2.45, 2.75) is 69.7 Å². The molecule has 0 aromatic heterocycles. The van der Waals surface area contributed by atoms with E-state index in [9.17, 15) is 19.8 Å². The second-order valence-corrected chi connectivity index (χ2v) is 7.20. The number of rotatable bonds is 8. The molecule has 3 aliphatic rings. The fourth-order valence-electron chi connectivity index (χ4n) is 3.57. The molecule has 3 aliphatic heterocycles. The highest BCUT2D eigenvalue weighted by Gasteiger charge is 2.54. The van der Waals surface area contributed by atoms with Crippen LogP contribution in [0.5, 0.6) is 0 Å². The minimum absolute atomic E-state index is 0.0350. The highest BCUT2D eigenvalue weighted by atomic mass is 16.6. The van der Waals surface area contributed by atoms with Crippen molar-refractivity contribution in [2.75, 3.05) is 13.3 Å². The topological polar surface area (TPSA) is 159 Å². The van der Waals surface area contributed by atoms with Crippen LogP contribution in [0.4, 0.5) is 0 Å². The number of aliphatic imine (C=N–C) groups is 3. The molecule has 29 heavy (non-hydrogen) atoms. The highest BCUT2D eigenvalue weighted by molar-refractivity contribution is 6.51. The summed E-state index contributed by atoms with van der Waals surface area (Å²) in [7, 11) is 0. The fourth-order valence-corrected chi connectivity index (χ4v) is 3.57. The van der Waals surface area contributed by atoms with E-state index in [1.54, 1.807) is 4.90 Å². The summed E-state index contributed by atoms with van der Waals surface area (Å²) >= 11 is 0. The normalized spacial score (nSPS) is 33.3.